The Morgan fingerprint density at radius 1 is 1.26 bits per heavy atom. The normalized spacial score (nSPS) is 19.0. The van der Waals surface area contributed by atoms with E-state index in [-0.39, 0.29) is 16.3 Å². The molecule has 1 aliphatic heterocycles. The van der Waals surface area contributed by atoms with E-state index in [0.717, 1.165) is 56.9 Å². The number of nitrogens with zero attached hydrogens (tertiary/aromatic N) is 1. The second-order valence-corrected chi connectivity index (χ2v) is 10.5. The molecule has 1 aromatic carbocycles. The van der Waals surface area contributed by atoms with E-state index in [2.05, 4.69) is 15.6 Å². The number of hydrogen-bond acceptors (Lipinski definition) is 7. The van der Waals surface area contributed by atoms with E-state index in [9.17, 15) is 22.3 Å². The first-order valence-corrected chi connectivity index (χ1v) is 12.7. The quantitative estimate of drug-likeness (QED) is 0.352. The number of nitrogens with one attached hydrogen (secondary N) is 3. The van der Waals surface area contributed by atoms with Crippen molar-refractivity contribution in [3.8, 4) is 0 Å². The number of anilines is 2. The molecule has 12 heteroatoms. The lowest BCUT2D eigenvalue weighted by Crippen LogP contribution is -2.21. The van der Waals surface area contributed by atoms with Crippen molar-refractivity contribution >= 4 is 43.8 Å². The maximum absolute atomic E-state index is 14.5. The third kappa shape index (κ3) is 6.98. The van der Waals surface area contributed by atoms with Crippen LogP contribution < -0.4 is 15.4 Å². The van der Waals surface area contributed by atoms with Gasteiger partial charge in [-0.2, -0.15) is 4.39 Å². The summed E-state index contributed by atoms with van der Waals surface area (Å²) in [7, 11) is -4.29. The Balaban J connectivity index is 1.45. The zero-order chi connectivity index (χ0) is 22.4. The lowest BCUT2D eigenvalue weighted by atomic mass is 10.1. The fraction of sp³-hybridized carbons (Fsp3) is 0.526. The molecule has 2 atom stereocenters. The molecule has 4 N–H and O–H groups in total. The molecule has 0 amide bonds. The van der Waals surface area contributed by atoms with E-state index < -0.39 is 25.9 Å². The van der Waals surface area contributed by atoms with E-state index in [1.165, 1.54) is 0 Å². The fourth-order valence-electron chi connectivity index (χ4n) is 3.45. The van der Waals surface area contributed by atoms with Gasteiger partial charge in [-0.15, -0.1) is 0 Å². The molecule has 3 rings (SSSR count). The zero-order valence-electron chi connectivity index (χ0n) is 16.7. The van der Waals surface area contributed by atoms with Crippen molar-refractivity contribution in [2.45, 2.75) is 55.6 Å². The number of aromatic nitrogens is 1. The minimum absolute atomic E-state index is 0.0676. The van der Waals surface area contributed by atoms with Gasteiger partial charge in [-0.25, -0.2) is 17.8 Å². The molecule has 2 heterocycles. The standard InChI is InChI=1S/C19H25ClF2N4O3S2/c20-14-8-17(31(28,29)26-19-25-11-18(22)30-19)15(21)9-16(14)23-6-4-2-1-3-5-12-7-13(27)10-24-12/h8-9,11-13,23-24,27H,1-7,10H2,(H,25,26)/t12-,13-/m1/s1. The molecule has 1 aliphatic rings. The maximum Gasteiger partial charge on any atom is 0.266 e. The van der Waals surface area contributed by atoms with Crippen molar-refractivity contribution in [1.29, 1.82) is 0 Å². The third-order valence-corrected chi connectivity index (χ3v) is 7.50. The lowest BCUT2D eigenvalue weighted by molar-refractivity contribution is 0.192. The van der Waals surface area contributed by atoms with Gasteiger partial charge in [-0.05, 0) is 31.4 Å². The van der Waals surface area contributed by atoms with Gasteiger partial charge in [0, 0.05) is 19.1 Å². The molecular weight excluding hydrogens is 470 g/mol. The first-order chi connectivity index (χ1) is 14.7. The van der Waals surface area contributed by atoms with E-state index in [1.807, 2.05) is 4.72 Å². The molecule has 1 fully saturated rings. The molecule has 1 saturated heterocycles. The van der Waals surface area contributed by atoms with E-state index in [4.69, 9.17) is 11.6 Å². The maximum atomic E-state index is 14.5. The van der Waals surface area contributed by atoms with Crippen LogP contribution in [0.3, 0.4) is 0 Å². The average molecular weight is 495 g/mol. The van der Waals surface area contributed by atoms with Gasteiger partial charge in [0.15, 0.2) is 10.3 Å². The lowest BCUT2D eigenvalue weighted by Gasteiger charge is -2.12. The monoisotopic (exact) mass is 494 g/mol. The first kappa shape index (κ1) is 24.1. The molecule has 0 bridgehead atoms. The Kier molecular flexibility index (Phi) is 8.45. The smallest absolute Gasteiger partial charge is 0.266 e. The number of aliphatic hydroxyl groups excluding tert-OH is 1. The summed E-state index contributed by atoms with van der Waals surface area (Å²) < 4.78 is 54.2. The Bertz CT molecular complexity index is 991. The molecule has 0 radical (unpaired) electrons. The molecule has 0 saturated carbocycles. The van der Waals surface area contributed by atoms with Crippen LogP contribution in [0.15, 0.2) is 23.2 Å². The molecule has 1 aromatic heterocycles. The van der Waals surface area contributed by atoms with Crippen LogP contribution in [0.5, 0.6) is 0 Å². The highest BCUT2D eigenvalue weighted by Crippen LogP contribution is 2.30. The highest BCUT2D eigenvalue weighted by molar-refractivity contribution is 7.93. The minimum Gasteiger partial charge on any atom is -0.392 e. The SMILES string of the molecule is O=S(=O)(Nc1ncc(F)s1)c1cc(Cl)c(NCCCCCC[C@@H]2C[C@@H](O)CN2)cc1F. The Morgan fingerprint density at radius 3 is 2.71 bits per heavy atom. The van der Waals surface area contributed by atoms with Crippen molar-refractivity contribution in [2.24, 2.45) is 0 Å². The third-order valence-electron chi connectivity index (χ3n) is 5.00. The number of thiazole rings is 1. The van der Waals surface area contributed by atoms with Gasteiger partial charge in [0.2, 0.25) is 0 Å². The number of hydrogen-bond donors (Lipinski definition) is 4. The predicted molar refractivity (Wildman–Crippen MR) is 118 cm³/mol. The summed E-state index contributed by atoms with van der Waals surface area (Å²) in [6.07, 6.45) is 6.47. The zero-order valence-corrected chi connectivity index (χ0v) is 19.1. The summed E-state index contributed by atoms with van der Waals surface area (Å²) in [5.41, 5.74) is 0.308. The molecule has 0 spiro atoms. The average Bonchev–Trinajstić information content (AvgIpc) is 3.30. The highest BCUT2D eigenvalue weighted by Gasteiger charge is 2.23. The number of benzene rings is 1. The Labute approximate surface area is 189 Å². The van der Waals surface area contributed by atoms with Gasteiger partial charge >= 0.3 is 0 Å². The fourth-order valence-corrected chi connectivity index (χ4v) is 5.62. The first-order valence-electron chi connectivity index (χ1n) is 10.0. The number of sulfonamides is 1. The minimum atomic E-state index is -4.29. The summed E-state index contributed by atoms with van der Waals surface area (Å²) >= 11 is 6.64. The van der Waals surface area contributed by atoms with Crippen LogP contribution in [0.2, 0.25) is 5.02 Å². The van der Waals surface area contributed by atoms with Gasteiger partial charge < -0.3 is 15.7 Å². The van der Waals surface area contributed by atoms with Crippen LogP contribution in [0.4, 0.5) is 19.6 Å². The van der Waals surface area contributed by atoms with Gasteiger partial charge in [0.1, 0.15) is 10.7 Å². The number of β-amino-alcohol motifs (C(OH)–C–C–N with tert-alkyl or cyclic N) is 1. The van der Waals surface area contributed by atoms with Crippen molar-refractivity contribution < 1.29 is 22.3 Å². The molecule has 0 unspecified atom stereocenters. The summed E-state index contributed by atoms with van der Waals surface area (Å²) in [5, 5.41) is 15.0. The largest absolute Gasteiger partial charge is 0.392 e. The van der Waals surface area contributed by atoms with E-state index >= 15 is 0 Å². The number of halogens is 3. The van der Waals surface area contributed by atoms with Crippen LogP contribution in [-0.4, -0.2) is 43.7 Å². The molecule has 0 aliphatic carbocycles. The van der Waals surface area contributed by atoms with Crippen LogP contribution in [0.25, 0.3) is 0 Å². The van der Waals surface area contributed by atoms with Gasteiger partial charge in [-0.3, -0.25) is 4.72 Å². The second-order valence-electron chi connectivity index (χ2n) is 7.46. The highest BCUT2D eigenvalue weighted by atomic mass is 35.5. The predicted octanol–water partition coefficient (Wildman–Crippen LogP) is 3.96. The van der Waals surface area contributed by atoms with E-state index in [0.29, 0.717) is 36.2 Å². The van der Waals surface area contributed by atoms with Gasteiger partial charge in [-0.1, -0.05) is 42.2 Å². The van der Waals surface area contributed by atoms with Crippen LogP contribution in [-0.2, 0) is 10.0 Å². The van der Waals surface area contributed by atoms with Crippen molar-refractivity contribution in [1.82, 2.24) is 10.3 Å². The molecule has 7 nitrogen and oxygen atoms in total. The van der Waals surface area contributed by atoms with Crippen molar-refractivity contribution in [2.75, 3.05) is 23.1 Å². The number of rotatable bonds is 11. The number of aliphatic hydroxyl groups is 1. The summed E-state index contributed by atoms with van der Waals surface area (Å²) in [5.74, 6) is -0.970. The second kappa shape index (κ2) is 10.9. The summed E-state index contributed by atoms with van der Waals surface area (Å²) in [6.45, 7) is 1.24. The molecular formula is C19H25ClF2N4O3S2. The topological polar surface area (TPSA) is 103 Å². The summed E-state index contributed by atoms with van der Waals surface area (Å²) in [4.78, 5) is 2.93. The Morgan fingerprint density at radius 2 is 2.03 bits per heavy atom. The van der Waals surface area contributed by atoms with Gasteiger partial charge in [0.25, 0.3) is 10.0 Å². The van der Waals surface area contributed by atoms with Crippen LogP contribution in [0, 0.1) is 10.9 Å². The molecule has 172 valence electrons. The van der Waals surface area contributed by atoms with Gasteiger partial charge in [0.05, 0.1) is 23.0 Å². The molecule has 2 aromatic rings. The van der Waals surface area contributed by atoms with Crippen molar-refractivity contribution in [3.05, 3.63) is 34.3 Å². The van der Waals surface area contributed by atoms with Crippen molar-refractivity contribution in [3.63, 3.8) is 0 Å². The summed E-state index contributed by atoms with van der Waals surface area (Å²) in [6, 6.07) is 2.46. The Hall–Kier alpha value is -1.53. The van der Waals surface area contributed by atoms with Crippen LogP contribution >= 0.6 is 22.9 Å². The van der Waals surface area contributed by atoms with E-state index in [1.54, 1.807) is 0 Å². The number of unbranched alkanes of at least 4 members (excludes halogenated alkanes) is 3. The molecule has 31 heavy (non-hydrogen) atoms. The van der Waals surface area contributed by atoms with Crippen LogP contribution in [0.1, 0.15) is 38.5 Å².